The second-order valence-corrected chi connectivity index (χ2v) is 5.77. The molecule has 1 aromatic heterocycles. The Kier molecular flexibility index (Phi) is 7.37. The van der Waals surface area contributed by atoms with Crippen LogP contribution < -0.4 is 5.32 Å². The van der Waals surface area contributed by atoms with Gasteiger partial charge in [-0.05, 0) is 31.9 Å². The highest BCUT2D eigenvalue weighted by Crippen LogP contribution is 2.14. The lowest BCUT2D eigenvalue weighted by molar-refractivity contribution is 0.0661. The second-order valence-electron chi connectivity index (χ2n) is 5.77. The van der Waals surface area contributed by atoms with Crippen molar-refractivity contribution in [2.24, 2.45) is 5.92 Å². The van der Waals surface area contributed by atoms with Crippen LogP contribution in [-0.4, -0.2) is 17.6 Å². The first-order chi connectivity index (χ1) is 9.50. The average molecular weight is 281 g/mol. The fourth-order valence-corrected chi connectivity index (χ4v) is 2.18. The Morgan fingerprint density at radius 3 is 2.60 bits per heavy atom. The third-order valence-corrected chi connectivity index (χ3v) is 3.43. The van der Waals surface area contributed by atoms with Crippen LogP contribution in [0.1, 0.15) is 67.8 Å². The Hall–Kier alpha value is -1.29. The highest BCUT2D eigenvalue weighted by atomic mass is 16.4. The summed E-state index contributed by atoms with van der Waals surface area (Å²) in [6.45, 7) is 7.97. The first-order valence-corrected chi connectivity index (χ1v) is 7.54. The van der Waals surface area contributed by atoms with E-state index in [1.165, 1.54) is 32.1 Å². The van der Waals surface area contributed by atoms with Crippen molar-refractivity contribution in [1.82, 2.24) is 5.32 Å². The zero-order valence-electron chi connectivity index (χ0n) is 12.9. The van der Waals surface area contributed by atoms with E-state index >= 15 is 0 Å². The van der Waals surface area contributed by atoms with Crippen LogP contribution in [0.2, 0.25) is 0 Å². The molecule has 0 amide bonds. The summed E-state index contributed by atoms with van der Waals surface area (Å²) in [6, 6.07) is 1.60. The minimum atomic E-state index is -1.01. The molecule has 1 rings (SSSR count). The van der Waals surface area contributed by atoms with Gasteiger partial charge in [0.05, 0.1) is 0 Å². The first kappa shape index (κ1) is 16.8. The number of hydrogen-bond acceptors (Lipinski definition) is 3. The largest absolute Gasteiger partial charge is 0.475 e. The van der Waals surface area contributed by atoms with Gasteiger partial charge in [0.15, 0.2) is 0 Å². The summed E-state index contributed by atoms with van der Waals surface area (Å²) in [6.07, 6.45) is 6.36. The van der Waals surface area contributed by atoms with Crippen LogP contribution in [0.5, 0.6) is 0 Å². The van der Waals surface area contributed by atoms with E-state index in [0.717, 1.165) is 18.0 Å². The topological polar surface area (TPSA) is 62.5 Å². The molecule has 0 aliphatic carbocycles. The van der Waals surface area contributed by atoms with Gasteiger partial charge < -0.3 is 14.8 Å². The number of unbranched alkanes of at least 4 members (excludes halogenated alkanes) is 3. The number of nitrogens with one attached hydrogen (secondary N) is 1. The van der Waals surface area contributed by atoms with E-state index in [1.807, 2.05) is 0 Å². The van der Waals surface area contributed by atoms with Gasteiger partial charge in [-0.25, -0.2) is 4.79 Å². The van der Waals surface area contributed by atoms with Crippen LogP contribution in [-0.2, 0) is 6.54 Å². The maximum Gasteiger partial charge on any atom is 0.371 e. The zero-order valence-corrected chi connectivity index (χ0v) is 12.9. The van der Waals surface area contributed by atoms with Crippen molar-refractivity contribution < 1.29 is 14.3 Å². The molecule has 0 aromatic carbocycles. The normalized spacial score (nSPS) is 11.2. The molecule has 0 fully saturated rings. The molecule has 0 atom stereocenters. The molecule has 4 nitrogen and oxygen atoms in total. The summed E-state index contributed by atoms with van der Waals surface area (Å²) in [5, 5.41) is 12.2. The Morgan fingerprint density at radius 2 is 2.00 bits per heavy atom. The molecular weight excluding hydrogens is 254 g/mol. The van der Waals surface area contributed by atoms with E-state index in [0.29, 0.717) is 12.3 Å². The molecule has 1 heterocycles. The molecule has 2 N–H and O–H groups in total. The third kappa shape index (κ3) is 6.24. The molecule has 1 aromatic rings. The molecule has 0 saturated carbocycles. The van der Waals surface area contributed by atoms with Crippen molar-refractivity contribution in [2.45, 2.75) is 59.4 Å². The highest BCUT2D eigenvalue weighted by Gasteiger charge is 2.12. The summed E-state index contributed by atoms with van der Waals surface area (Å²) < 4.78 is 5.17. The number of furan rings is 1. The highest BCUT2D eigenvalue weighted by molar-refractivity contribution is 5.84. The van der Waals surface area contributed by atoms with Gasteiger partial charge in [0.25, 0.3) is 0 Å². The lowest BCUT2D eigenvalue weighted by Gasteiger charge is -2.05. The van der Waals surface area contributed by atoms with Crippen LogP contribution in [0, 0.1) is 12.8 Å². The Labute approximate surface area is 121 Å². The van der Waals surface area contributed by atoms with Gasteiger partial charge >= 0.3 is 5.97 Å². The summed E-state index contributed by atoms with van der Waals surface area (Å²) in [5.41, 5.74) is 0.933. The minimum absolute atomic E-state index is 0.0213. The number of rotatable bonds is 10. The first-order valence-electron chi connectivity index (χ1n) is 7.54. The van der Waals surface area contributed by atoms with Crippen molar-refractivity contribution in [3.63, 3.8) is 0 Å². The van der Waals surface area contributed by atoms with Crippen molar-refractivity contribution in [1.29, 1.82) is 0 Å². The van der Waals surface area contributed by atoms with Crippen molar-refractivity contribution >= 4 is 5.97 Å². The van der Waals surface area contributed by atoms with E-state index in [-0.39, 0.29) is 5.76 Å². The molecule has 20 heavy (non-hydrogen) atoms. The lowest BCUT2D eigenvalue weighted by atomic mass is 10.0. The van der Waals surface area contributed by atoms with E-state index in [2.05, 4.69) is 19.2 Å². The van der Waals surface area contributed by atoms with E-state index in [4.69, 9.17) is 9.52 Å². The molecule has 0 radical (unpaired) electrons. The minimum Gasteiger partial charge on any atom is -0.475 e. The Bertz CT molecular complexity index is 410. The number of hydrogen-bond donors (Lipinski definition) is 2. The average Bonchev–Trinajstić information content (AvgIpc) is 2.74. The molecule has 4 heteroatoms. The molecule has 0 unspecified atom stereocenters. The Morgan fingerprint density at radius 1 is 1.30 bits per heavy atom. The number of aryl methyl sites for hydroxylation is 1. The SMILES string of the molecule is Cc1oc(C(=O)O)cc1CNCCCCCCC(C)C. The maximum atomic E-state index is 10.8. The van der Waals surface area contributed by atoms with Crippen molar-refractivity contribution in [3.05, 3.63) is 23.2 Å². The number of carboxylic acids is 1. The van der Waals surface area contributed by atoms with Gasteiger partial charge in [-0.2, -0.15) is 0 Å². The zero-order chi connectivity index (χ0) is 15.0. The molecular formula is C16H27NO3. The predicted octanol–water partition coefficient (Wildman–Crippen LogP) is 3.98. The number of aromatic carboxylic acids is 1. The van der Waals surface area contributed by atoms with Gasteiger partial charge in [-0.1, -0.05) is 39.5 Å². The number of carboxylic acid groups (broad SMARTS) is 1. The second kappa shape index (κ2) is 8.80. The molecule has 0 spiro atoms. The molecule has 114 valence electrons. The van der Waals surface area contributed by atoms with Gasteiger partial charge in [0.2, 0.25) is 5.76 Å². The molecule has 0 bridgehead atoms. The van der Waals surface area contributed by atoms with Crippen LogP contribution >= 0.6 is 0 Å². The van der Waals surface area contributed by atoms with Crippen LogP contribution in [0.3, 0.4) is 0 Å². The predicted molar refractivity (Wildman–Crippen MR) is 80.0 cm³/mol. The lowest BCUT2D eigenvalue weighted by Crippen LogP contribution is -2.14. The van der Waals surface area contributed by atoms with E-state index in [1.54, 1.807) is 13.0 Å². The van der Waals surface area contributed by atoms with Crippen molar-refractivity contribution in [2.75, 3.05) is 6.54 Å². The van der Waals surface area contributed by atoms with Crippen LogP contribution in [0.25, 0.3) is 0 Å². The number of carbonyl (C=O) groups is 1. The van der Waals surface area contributed by atoms with Gasteiger partial charge in [0, 0.05) is 12.1 Å². The summed E-state index contributed by atoms with van der Waals surface area (Å²) in [7, 11) is 0. The quantitative estimate of drug-likeness (QED) is 0.637. The van der Waals surface area contributed by atoms with Crippen LogP contribution in [0.4, 0.5) is 0 Å². The van der Waals surface area contributed by atoms with E-state index in [9.17, 15) is 4.79 Å². The van der Waals surface area contributed by atoms with E-state index < -0.39 is 5.97 Å². The summed E-state index contributed by atoms with van der Waals surface area (Å²) in [4.78, 5) is 10.8. The van der Waals surface area contributed by atoms with Gasteiger partial charge in [0.1, 0.15) is 5.76 Å². The molecule has 0 aliphatic rings. The third-order valence-electron chi connectivity index (χ3n) is 3.43. The van der Waals surface area contributed by atoms with Crippen molar-refractivity contribution in [3.8, 4) is 0 Å². The fourth-order valence-electron chi connectivity index (χ4n) is 2.18. The monoisotopic (exact) mass is 281 g/mol. The Balaban J connectivity index is 2.11. The summed E-state index contributed by atoms with van der Waals surface area (Å²) >= 11 is 0. The summed E-state index contributed by atoms with van der Waals surface area (Å²) in [5.74, 6) is 0.505. The van der Waals surface area contributed by atoms with Crippen LogP contribution in [0.15, 0.2) is 10.5 Å². The molecule has 0 aliphatic heterocycles. The smallest absolute Gasteiger partial charge is 0.371 e. The van der Waals surface area contributed by atoms with Gasteiger partial charge in [-0.15, -0.1) is 0 Å². The fraction of sp³-hybridized carbons (Fsp3) is 0.688. The van der Waals surface area contributed by atoms with Gasteiger partial charge in [-0.3, -0.25) is 0 Å². The maximum absolute atomic E-state index is 10.8. The standard InChI is InChI=1S/C16H27NO3/c1-12(2)8-6-4-5-7-9-17-11-14-10-15(16(18)19)20-13(14)3/h10,12,17H,4-9,11H2,1-3H3,(H,18,19). The molecule has 0 saturated heterocycles.